The van der Waals surface area contributed by atoms with Gasteiger partial charge in [-0.2, -0.15) is 5.10 Å². The van der Waals surface area contributed by atoms with E-state index in [9.17, 15) is 9.90 Å². The Hall–Kier alpha value is -2.18. The van der Waals surface area contributed by atoms with E-state index < -0.39 is 0 Å². The van der Waals surface area contributed by atoms with Gasteiger partial charge in [0.05, 0.1) is 37.6 Å². The highest BCUT2D eigenvalue weighted by atomic mass is 16.3. The highest BCUT2D eigenvalue weighted by molar-refractivity contribution is 5.78. The molecule has 0 spiro atoms. The van der Waals surface area contributed by atoms with Gasteiger partial charge in [-0.15, -0.1) is 0 Å². The van der Waals surface area contributed by atoms with Crippen LogP contribution < -0.4 is 0 Å². The first kappa shape index (κ1) is 16.7. The van der Waals surface area contributed by atoms with E-state index in [0.717, 1.165) is 12.2 Å². The molecule has 2 heterocycles. The van der Waals surface area contributed by atoms with Crippen molar-refractivity contribution in [1.29, 1.82) is 0 Å². The maximum atomic E-state index is 12.5. The van der Waals surface area contributed by atoms with E-state index in [2.05, 4.69) is 36.3 Å². The van der Waals surface area contributed by atoms with E-state index in [1.165, 1.54) is 11.1 Å². The molecule has 0 saturated heterocycles. The first-order valence-corrected chi connectivity index (χ1v) is 8.23. The lowest BCUT2D eigenvalue weighted by molar-refractivity contribution is -0.133. The second-order valence-corrected chi connectivity index (χ2v) is 6.48. The molecule has 0 unspecified atom stereocenters. The minimum Gasteiger partial charge on any atom is -0.390 e. The molecule has 0 fully saturated rings. The molecule has 24 heavy (non-hydrogen) atoms. The number of benzene rings is 1. The minimum absolute atomic E-state index is 0.0623. The standard InChI is InChI=1S/C18H24N4O2/c1-14-3-5-15(6-4-14)10-20(2)12-18(24)21-7-8-22-17(11-21)9-16(13-23)19-22/h3-6,9,23H,7-8,10-13H2,1-2H3. The molecule has 2 aromatic rings. The van der Waals surface area contributed by atoms with Crippen LogP contribution in [0.15, 0.2) is 30.3 Å². The Balaban J connectivity index is 1.55. The summed E-state index contributed by atoms with van der Waals surface area (Å²) in [6.45, 7) is 5.07. The molecule has 1 aliphatic rings. The van der Waals surface area contributed by atoms with Crippen LogP contribution in [-0.4, -0.2) is 50.7 Å². The summed E-state index contributed by atoms with van der Waals surface area (Å²) in [4.78, 5) is 16.4. The molecule has 6 heteroatoms. The predicted octanol–water partition coefficient (Wildman–Crippen LogP) is 1.16. The number of rotatable bonds is 5. The van der Waals surface area contributed by atoms with E-state index in [-0.39, 0.29) is 12.5 Å². The number of aryl methyl sites for hydroxylation is 1. The van der Waals surface area contributed by atoms with Crippen LogP contribution in [0, 0.1) is 6.92 Å². The highest BCUT2D eigenvalue weighted by Crippen LogP contribution is 2.14. The van der Waals surface area contributed by atoms with Gasteiger partial charge in [0.25, 0.3) is 0 Å². The molecule has 0 bridgehead atoms. The molecule has 1 N–H and O–H groups in total. The van der Waals surface area contributed by atoms with Crippen molar-refractivity contribution < 1.29 is 9.90 Å². The second-order valence-electron chi connectivity index (χ2n) is 6.48. The number of aromatic nitrogens is 2. The van der Waals surface area contributed by atoms with Crippen LogP contribution in [0.1, 0.15) is 22.5 Å². The van der Waals surface area contributed by atoms with E-state index in [4.69, 9.17) is 0 Å². The molecule has 0 radical (unpaired) electrons. The summed E-state index contributed by atoms with van der Waals surface area (Å²) < 4.78 is 1.88. The number of carbonyl (C=O) groups is 1. The van der Waals surface area contributed by atoms with Gasteiger partial charge in [0.2, 0.25) is 5.91 Å². The van der Waals surface area contributed by atoms with Gasteiger partial charge >= 0.3 is 0 Å². The number of nitrogens with zero attached hydrogens (tertiary/aromatic N) is 4. The summed E-state index contributed by atoms with van der Waals surface area (Å²) in [5.41, 5.74) is 4.10. The van der Waals surface area contributed by atoms with Crippen LogP contribution in [0.25, 0.3) is 0 Å². The quantitative estimate of drug-likeness (QED) is 0.895. The normalized spacial score (nSPS) is 14.1. The summed E-state index contributed by atoms with van der Waals surface area (Å²) in [6, 6.07) is 10.3. The Morgan fingerprint density at radius 1 is 1.29 bits per heavy atom. The van der Waals surface area contributed by atoms with Crippen molar-refractivity contribution in [3.05, 3.63) is 52.8 Å². The zero-order valence-electron chi connectivity index (χ0n) is 14.3. The van der Waals surface area contributed by atoms with Gasteiger partial charge < -0.3 is 10.0 Å². The molecule has 1 aliphatic heterocycles. The van der Waals surface area contributed by atoms with Gasteiger partial charge in [-0.25, -0.2) is 0 Å². The molecule has 128 valence electrons. The Morgan fingerprint density at radius 2 is 2.04 bits per heavy atom. The lowest BCUT2D eigenvalue weighted by atomic mass is 10.1. The summed E-state index contributed by atoms with van der Waals surface area (Å²) in [7, 11) is 1.97. The molecule has 0 aliphatic carbocycles. The lowest BCUT2D eigenvalue weighted by Gasteiger charge is -2.29. The number of carbonyl (C=O) groups excluding carboxylic acids is 1. The molecular weight excluding hydrogens is 304 g/mol. The fraction of sp³-hybridized carbons (Fsp3) is 0.444. The smallest absolute Gasteiger partial charge is 0.237 e. The third-order valence-electron chi connectivity index (χ3n) is 4.34. The number of hydrogen-bond donors (Lipinski definition) is 1. The van der Waals surface area contributed by atoms with Gasteiger partial charge in [-0.05, 0) is 25.6 Å². The fourth-order valence-corrected chi connectivity index (χ4v) is 3.01. The van der Waals surface area contributed by atoms with Gasteiger partial charge in [-0.3, -0.25) is 14.4 Å². The lowest BCUT2D eigenvalue weighted by Crippen LogP contribution is -2.43. The number of aliphatic hydroxyl groups is 1. The zero-order valence-corrected chi connectivity index (χ0v) is 14.3. The number of amides is 1. The number of fused-ring (bicyclic) bond motifs is 1. The van der Waals surface area contributed by atoms with E-state index in [1.54, 1.807) is 0 Å². The molecule has 3 rings (SSSR count). The highest BCUT2D eigenvalue weighted by Gasteiger charge is 2.22. The van der Waals surface area contributed by atoms with Gasteiger partial charge in [0.1, 0.15) is 0 Å². The van der Waals surface area contributed by atoms with Crippen molar-refractivity contribution >= 4 is 5.91 Å². The Labute approximate surface area is 142 Å². The Morgan fingerprint density at radius 3 is 2.75 bits per heavy atom. The Bertz CT molecular complexity index is 708. The Kier molecular flexibility index (Phi) is 4.97. The molecule has 1 aromatic carbocycles. The second kappa shape index (κ2) is 7.15. The third kappa shape index (κ3) is 3.83. The molecule has 1 amide bonds. The van der Waals surface area contributed by atoms with Crippen molar-refractivity contribution in [3.63, 3.8) is 0 Å². The summed E-state index contributed by atoms with van der Waals surface area (Å²) in [6.07, 6.45) is 0. The van der Waals surface area contributed by atoms with E-state index in [1.807, 2.05) is 27.6 Å². The van der Waals surface area contributed by atoms with Crippen LogP contribution in [0.5, 0.6) is 0 Å². The monoisotopic (exact) mass is 328 g/mol. The van der Waals surface area contributed by atoms with Crippen molar-refractivity contribution in [3.8, 4) is 0 Å². The van der Waals surface area contributed by atoms with Gasteiger partial charge in [0, 0.05) is 13.1 Å². The molecule has 0 saturated carbocycles. The SMILES string of the molecule is Cc1ccc(CN(C)CC(=O)N2CCn3nc(CO)cc3C2)cc1. The van der Waals surface area contributed by atoms with Crippen molar-refractivity contribution in [2.24, 2.45) is 0 Å². The van der Waals surface area contributed by atoms with Crippen molar-refractivity contribution in [1.82, 2.24) is 19.6 Å². The van der Waals surface area contributed by atoms with Gasteiger partial charge in [0.15, 0.2) is 0 Å². The number of aliphatic hydroxyl groups excluding tert-OH is 1. The average molecular weight is 328 g/mol. The van der Waals surface area contributed by atoms with Gasteiger partial charge in [-0.1, -0.05) is 29.8 Å². The van der Waals surface area contributed by atoms with Crippen LogP contribution in [0.3, 0.4) is 0 Å². The summed E-state index contributed by atoms with van der Waals surface area (Å²) >= 11 is 0. The van der Waals surface area contributed by atoms with Crippen LogP contribution >= 0.6 is 0 Å². The number of hydrogen-bond acceptors (Lipinski definition) is 4. The van der Waals surface area contributed by atoms with Crippen LogP contribution in [-0.2, 0) is 31.0 Å². The molecule has 0 atom stereocenters. The minimum atomic E-state index is -0.0623. The molecule has 6 nitrogen and oxygen atoms in total. The number of likely N-dealkylation sites (N-methyl/N-ethyl adjacent to an activating group) is 1. The zero-order chi connectivity index (χ0) is 17.1. The molecular formula is C18H24N4O2. The van der Waals surface area contributed by atoms with Crippen molar-refractivity contribution in [2.45, 2.75) is 33.2 Å². The van der Waals surface area contributed by atoms with E-state index in [0.29, 0.717) is 31.9 Å². The fourth-order valence-electron chi connectivity index (χ4n) is 3.01. The third-order valence-corrected chi connectivity index (χ3v) is 4.34. The maximum Gasteiger partial charge on any atom is 0.237 e. The first-order valence-electron chi connectivity index (χ1n) is 8.23. The van der Waals surface area contributed by atoms with E-state index >= 15 is 0 Å². The largest absolute Gasteiger partial charge is 0.390 e. The summed E-state index contributed by atoms with van der Waals surface area (Å²) in [5, 5.41) is 13.5. The first-order chi connectivity index (χ1) is 11.5. The topological polar surface area (TPSA) is 61.6 Å². The van der Waals surface area contributed by atoms with Crippen molar-refractivity contribution in [2.75, 3.05) is 20.1 Å². The predicted molar refractivity (Wildman–Crippen MR) is 91.1 cm³/mol. The molecule has 1 aromatic heterocycles. The average Bonchev–Trinajstić information content (AvgIpc) is 2.99. The maximum absolute atomic E-state index is 12.5. The summed E-state index contributed by atoms with van der Waals surface area (Å²) in [5.74, 6) is 0.127. The van der Waals surface area contributed by atoms with Crippen LogP contribution in [0.2, 0.25) is 0 Å². The van der Waals surface area contributed by atoms with Crippen LogP contribution in [0.4, 0.5) is 0 Å².